The van der Waals surface area contributed by atoms with Gasteiger partial charge in [0.25, 0.3) is 0 Å². The maximum absolute atomic E-state index is 11.2. The zero-order valence-electron chi connectivity index (χ0n) is 8.35. The van der Waals surface area contributed by atoms with Crippen molar-refractivity contribution in [2.24, 2.45) is 11.5 Å². The van der Waals surface area contributed by atoms with Crippen molar-refractivity contribution in [3.8, 4) is 0 Å². The maximum Gasteiger partial charge on any atom is 0.320 e. The predicted molar refractivity (Wildman–Crippen MR) is 55.7 cm³/mol. The van der Waals surface area contributed by atoms with Gasteiger partial charge in [0.05, 0.1) is 5.75 Å². The molecule has 0 bridgehead atoms. The SMILES string of the molecule is NCCCNS(=O)(=O)CC[C@H](N)C(=O)O. The van der Waals surface area contributed by atoms with Crippen LogP contribution in [0.1, 0.15) is 12.8 Å². The summed E-state index contributed by atoms with van der Waals surface area (Å²) in [4.78, 5) is 10.3. The molecule has 0 radical (unpaired) electrons. The zero-order valence-corrected chi connectivity index (χ0v) is 9.16. The van der Waals surface area contributed by atoms with E-state index >= 15 is 0 Å². The molecule has 0 aliphatic heterocycles. The highest BCUT2D eigenvalue weighted by molar-refractivity contribution is 7.89. The first kappa shape index (κ1) is 14.3. The van der Waals surface area contributed by atoms with Gasteiger partial charge < -0.3 is 16.6 Å². The number of hydrogen-bond acceptors (Lipinski definition) is 5. The van der Waals surface area contributed by atoms with Crippen LogP contribution in [0.25, 0.3) is 0 Å². The third kappa shape index (κ3) is 7.25. The molecule has 0 saturated heterocycles. The van der Waals surface area contributed by atoms with Crippen LogP contribution in [0.5, 0.6) is 0 Å². The molecule has 0 aromatic rings. The molecule has 7 nitrogen and oxygen atoms in total. The molecule has 0 spiro atoms. The predicted octanol–water partition coefficient (Wildman–Crippen LogP) is -1.94. The van der Waals surface area contributed by atoms with Crippen LogP contribution in [0.15, 0.2) is 0 Å². The lowest BCUT2D eigenvalue weighted by molar-refractivity contribution is -0.138. The number of nitrogens with one attached hydrogen (secondary N) is 1. The van der Waals surface area contributed by atoms with Crippen molar-refractivity contribution in [3.05, 3.63) is 0 Å². The largest absolute Gasteiger partial charge is 0.480 e. The number of carboxylic acids is 1. The number of sulfonamides is 1. The molecule has 8 heteroatoms. The fraction of sp³-hybridized carbons (Fsp3) is 0.857. The molecule has 0 aliphatic rings. The topological polar surface area (TPSA) is 136 Å². The summed E-state index contributed by atoms with van der Waals surface area (Å²) in [5, 5.41) is 8.44. The molecule has 0 fully saturated rings. The van der Waals surface area contributed by atoms with Crippen LogP contribution in [0.3, 0.4) is 0 Å². The van der Waals surface area contributed by atoms with Crippen molar-refractivity contribution in [1.29, 1.82) is 0 Å². The molecule has 0 aliphatic carbocycles. The third-order valence-corrected chi connectivity index (χ3v) is 3.13. The second kappa shape index (κ2) is 6.72. The van der Waals surface area contributed by atoms with Crippen LogP contribution in [-0.4, -0.2) is 44.4 Å². The summed E-state index contributed by atoms with van der Waals surface area (Å²) in [6.45, 7) is 0.665. The average molecular weight is 239 g/mol. The molecule has 0 aromatic carbocycles. The molecule has 0 amide bonds. The molecule has 15 heavy (non-hydrogen) atoms. The number of hydrogen-bond donors (Lipinski definition) is 4. The molecule has 0 aromatic heterocycles. The quantitative estimate of drug-likeness (QED) is 0.364. The highest BCUT2D eigenvalue weighted by Crippen LogP contribution is 1.94. The van der Waals surface area contributed by atoms with Gasteiger partial charge in [-0.3, -0.25) is 4.79 Å². The van der Waals surface area contributed by atoms with Crippen LogP contribution in [0.4, 0.5) is 0 Å². The Morgan fingerprint density at radius 2 is 2.07 bits per heavy atom. The molecule has 0 heterocycles. The summed E-state index contributed by atoms with van der Waals surface area (Å²) < 4.78 is 24.8. The highest BCUT2D eigenvalue weighted by Gasteiger charge is 2.16. The van der Waals surface area contributed by atoms with E-state index in [0.29, 0.717) is 13.0 Å². The van der Waals surface area contributed by atoms with Crippen LogP contribution < -0.4 is 16.2 Å². The van der Waals surface area contributed by atoms with E-state index in [1.807, 2.05) is 0 Å². The van der Waals surface area contributed by atoms with Crippen LogP contribution >= 0.6 is 0 Å². The van der Waals surface area contributed by atoms with E-state index in [4.69, 9.17) is 16.6 Å². The Hall–Kier alpha value is -0.700. The Bertz CT molecular complexity index is 291. The van der Waals surface area contributed by atoms with Crippen molar-refractivity contribution in [2.75, 3.05) is 18.8 Å². The van der Waals surface area contributed by atoms with Gasteiger partial charge in [-0.1, -0.05) is 0 Å². The normalized spacial score (nSPS) is 13.7. The van der Waals surface area contributed by atoms with Gasteiger partial charge in [-0.2, -0.15) is 0 Å². The highest BCUT2D eigenvalue weighted by atomic mass is 32.2. The second-order valence-electron chi connectivity index (χ2n) is 3.09. The first-order valence-corrected chi connectivity index (χ1v) is 6.20. The van der Waals surface area contributed by atoms with Gasteiger partial charge in [0.2, 0.25) is 10.0 Å². The Kier molecular flexibility index (Phi) is 6.41. The summed E-state index contributed by atoms with van der Waals surface area (Å²) in [5.74, 6) is -1.49. The fourth-order valence-corrected chi connectivity index (χ4v) is 1.97. The Labute approximate surface area is 88.9 Å². The minimum atomic E-state index is -3.43. The first-order chi connectivity index (χ1) is 6.89. The maximum atomic E-state index is 11.2. The minimum absolute atomic E-state index is 0.104. The lowest BCUT2D eigenvalue weighted by atomic mass is 10.2. The monoisotopic (exact) mass is 239 g/mol. The van der Waals surface area contributed by atoms with Gasteiger partial charge in [0, 0.05) is 6.54 Å². The van der Waals surface area contributed by atoms with Gasteiger partial charge >= 0.3 is 5.97 Å². The van der Waals surface area contributed by atoms with Crippen molar-refractivity contribution < 1.29 is 18.3 Å². The van der Waals surface area contributed by atoms with Crippen LogP contribution in [-0.2, 0) is 14.8 Å². The molecule has 90 valence electrons. The standard InChI is InChI=1S/C7H17N3O4S/c8-3-1-4-10-15(13,14)5-2-6(9)7(11)12/h6,10H,1-5,8-9H2,(H,11,12)/t6-/m0/s1. The summed E-state index contributed by atoms with van der Waals surface area (Å²) in [7, 11) is -3.43. The van der Waals surface area contributed by atoms with Crippen molar-refractivity contribution in [1.82, 2.24) is 4.72 Å². The molecule has 0 saturated carbocycles. The molecular weight excluding hydrogens is 222 g/mol. The van der Waals surface area contributed by atoms with E-state index in [2.05, 4.69) is 4.72 Å². The minimum Gasteiger partial charge on any atom is -0.480 e. The van der Waals surface area contributed by atoms with E-state index < -0.39 is 22.0 Å². The number of carboxylic acid groups (broad SMARTS) is 1. The fourth-order valence-electron chi connectivity index (χ4n) is 0.807. The summed E-state index contributed by atoms with van der Waals surface area (Å²) in [5.41, 5.74) is 10.4. The Morgan fingerprint density at radius 1 is 1.47 bits per heavy atom. The van der Waals surface area contributed by atoms with Crippen LogP contribution in [0.2, 0.25) is 0 Å². The van der Waals surface area contributed by atoms with E-state index in [-0.39, 0.29) is 18.7 Å². The smallest absolute Gasteiger partial charge is 0.320 e. The van der Waals surface area contributed by atoms with Gasteiger partial charge in [0.15, 0.2) is 0 Å². The van der Waals surface area contributed by atoms with Crippen molar-refractivity contribution in [3.63, 3.8) is 0 Å². The number of aliphatic carboxylic acids is 1. The number of nitrogens with two attached hydrogens (primary N) is 2. The Morgan fingerprint density at radius 3 is 2.53 bits per heavy atom. The van der Waals surface area contributed by atoms with Gasteiger partial charge in [-0.25, -0.2) is 13.1 Å². The van der Waals surface area contributed by atoms with E-state index in [1.54, 1.807) is 0 Å². The Balaban J connectivity index is 3.89. The van der Waals surface area contributed by atoms with E-state index in [0.717, 1.165) is 0 Å². The van der Waals surface area contributed by atoms with Crippen molar-refractivity contribution in [2.45, 2.75) is 18.9 Å². The lowest BCUT2D eigenvalue weighted by Gasteiger charge is -2.08. The molecule has 1 atom stereocenters. The van der Waals surface area contributed by atoms with Crippen LogP contribution in [0, 0.1) is 0 Å². The number of rotatable bonds is 8. The van der Waals surface area contributed by atoms with Crippen molar-refractivity contribution >= 4 is 16.0 Å². The third-order valence-electron chi connectivity index (χ3n) is 1.72. The molecule has 0 unspecified atom stereocenters. The average Bonchev–Trinajstić information content (AvgIpc) is 2.14. The summed E-state index contributed by atoms with van der Waals surface area (Å²) >= 11 is 0. The summed E-state index contributed by atoms with van der Waals surface area (Å²) in [6.07, 6.45) is 0.442. The zero-order chi connectivity index (χ0) is 11.9. The number of carbonyl (C=O) groups is 1. The molecule has 6 N–H and O–H groups in total. The van der Waals surface area contributed by atoms with E-state index in [1.165, 1.54) is 0 Å². The van der Waals surface area contributed by atoms with Gasteiger partial charge in [-0.05, 0) is 19.4 Å². The summed E-state index contributed by atoms with van der Waals surface area (Å²) in [6, 6.07) is -1.14. The first-order valence-electron chi connectivity index (χ1n) is 4.55. The second-order valence-corrected chi connectivity index (χ2v) is 5.02. The lowest BCUT2D eigenvalue weighted by Crippen LogP contribution is -2.35. The van der Waals surface area contributed by atoms with E-state index in [9.17, 15) is 13.2 Å². The van der Waals surface area contributed by atoms with Gasteiger partial charge in [0.1, 0.15) is 6.04 Å². The molecule has 0 rings (SSSR count). The molecular formula is C7H17N3O4S. The van der Waals surface area contributed by atoms with Gasteiger partial charge in [-0.15, -0.1) is 0 Å².